The standard InChI is InChI=1S/C23H18N4O7/c28-21(13-7-9-17(10-8-13)26(31)32)24(12-16-3-1-2-4-18(16)27(33)34)25-22(29)19-14-5-6-15(11-14)20(19)23(25)30/h1-10,14-15,19-20H,11-12H2/t14-,15-,19-,20-/m0/s1. The van der Waals surface area contributed by atoms with Crippen LogP contribution in [0, 0.1) is 43.9 Å². The predicted octanol–water partition coefficient (Wildman–Crippen LogP) is 2.87. The summed E-state index contributed by atoms with van der Waals surface area (Å²) in [5.74, 6) is -3.10. The third-order valence-corrected chi connectivity index (χ3v) is 6.76. The SMILES string of the molecule is O=C(c1ccc([N+](=O)[O-])cc1)N(Cc1ccccc1[N+](=O)[O-])N1C(=O)[C@@H]2[C@@H](C1=O)[C@H]1C=C[C@H]2C1. The number of hydrazine groups is 1. The molecule has 2 fully saturated rings. The van der Waals surface area contributed by atoms with E-state index >= 15 is 0 Å². The molecule has 11 nitrogen and oxygen atoms in total. The highest BCUT2D eigenvalue weighted by Crippen LogP contribution is 2.53. The number of non-ortho nitro benzene ring substituents is 1. The molecule has 0 N–H and O–H groups in total. The molecule has 172 valence electrons. The van der Waals surface area contributed by atoms with Gasteiger partial charge in [0.25, 0.3) is 29.1 Å². The Morgan fingerprint density at radius 3 is 2.06 bits per heavy atom. The van der Waals surface area contributed by atoms with Crippen molar-refractivity contribution in [1.82, 2.24) is 10.0 Å². The highest BCUT2D eigenvalue weighted by atomic mass is 16.6. The van der Waals surface area contributed by atoms with E-state index in [0.29, 0.717) is 6.42 Å². The first kappa shape index (κ1) is 21.4. The molecule has 0 radical (unpaired) electrons. The first-order valence-electron chi connectivity index (χ1n) is 10.6. The number of carbonyl (C=O) groups excluding carboxylic acids is 3. The number of benzene rings is 2. The second kappa shape index (κ2) is 7.87. The van der Waals surface area contributed by atoms with E-state index in [1.807, 2.05) is 12.2 Å². The van der Waals surface area contributed by atoms with Crippen LogP contribution in [-0.4, -0.2) is 37.6 Å². The second-order valence-corrected chi connectivity index (χ2v) is 8.54. The van der Waals surface area contributed by atoms with Crippen LogP contribution in [0.4, 0.5) is 11.4 Å². The number of hydrogen-bond acceptors (Lipinski definition) is 7. The lowest BCUT2D eigenvalue weighted by molar-refractivity contribution is -0.385. The number of nitrogens with zero attached hydrogens (tertiary/aromatic N) is 4. The van der Waals surface area contributed by atoms with E-state index < -0.39 is 45.9 Å². The van der Waals surface area contributed by atoms with Gasteiger partial charge in [-0.1, -0.05) is 30.4 Å². The number of para-hydroxylation sites is 1. The number of carbonyl (C=O) groups is 3. The van der Waals surface area contributed by atoms with Crippen LogP contribution in [0.5, 0.6) is 0 Å². The number of rotatable bonds is 6. The average molecular weight is 462 g/mol. The minimum absolute atomic E-state index is 0.00272. The second-order valence-electron chi connectivity index (χ2n) is 8.54. The predicted molar refractivity (Wildman–Crippen MR) is 116 cm³/mol. The van der Waals surface area contributed by atoms with Crippen molar-refractivity contribution in [3.63, 3.8) is 0 Å². The number of amides is 3. The van der Waals surface area contributed by atoms with Gasteiger partial charge in [0.05, 0.1) is 33.8 Å². The van der Waals surface area contributed by atoms with Crippen LogP contribution in [-0.2, 0) is 16.1 Å². The number of nitro groups is 2. The van der Waals surface area contributed by atoms with Gasteiger partial charge in [0.1, 0.15) is 0 Å². The molecular formula is C23H18N4O7. The summed E-state index contributed by atoms with van der Waals surface area (Å²) in [6.45, 7) is -0.396. The zero-order valence-electron chi connectivity index (χ0n) is 17.6. The summed E-state index contributed by atoms with van der Waals surface area (Å²) in [6, 6.07) is 10.5. The van der Waals surface area contributed by atoms with Gasteiger partial charge in [-0.15, -0.1) is 0 Å². The molecule has 3 aliphatic rings. The fourth-order valence-electron chi connectivity index (χ4n) is 5.22. The Bertz CT molecular complexity index is 1240. The third-order valence-electron chi connectivity index (χ3n) is 6.76. The van der Waals surface area contributed by atoms with Crippen molar-refractivity contribution in [2.75, 3.05) is 0 Å². The Labute approximate surface area is 192 Å². The van der Waals surface area contributed by atoms with Gasteiger partial charge in [0, 0.05) is 23.8 Å². The van der Waals surface area contributed by atoms with Gasteiger partial charge in [-0.25, -0.2) is 5.01 Å². The van der Waals surface area contributed by atoms with Gasteiger partial charge in [0.2, 0.25) is 0 Å². The maximum atomic E-state index is 13.5. The summed E-state index contributed by atoms with van der Waals surface area (Å²) in [5.41, 5.74) is -0.346. The molecule has 0 spiro atoms. The molecule has 34 heavy (non-hydrogen) atoms. The van der Waals surface area contributed by atoms with Crippen LogP contribution in [0.1, 0.15) is 22.3 Å². The van der Waals surface area contributed by atoms with E-state index in [1.165, 1.54) is 30.3 Å². The topological polar surface area (TPSA) is 144 Å². The number of fused-ring (bicyclic) bond motifs is 5. The monoisotopic (exact) mass is 462 g/mol. The Kier molecular flexibility index (Phi) is 4.96. The highest BCUT2D eigenvalue weighted by molar-refractivity contribution is 6.08. The molecule has 4 atom stereocenters. The van der Waals surface area contributed by atoms with Crippen LogP contribution in [0.25, 0.3) is 0 Å². The van der Waals surface area contributed by atoms with E-state index in [1.54, 1.807) is 6.07 Å². The van der Waals surface area contributed by atoms with E-state index in [0.717, 1.165) is 22.2 Å². The molecule has 1 aliphatic heterocycles. The Morgan fingerprint density at radius 1 is 0.912 bits per heavy atom. The maximum absolute atomic E-state index is 13.5. The molecule has 2 aromatic carbocycles. The van der Waals surface area contributed by atoms with Crippen LogP contribution >= 0.6 is 0 Å². The Hall–Kier alpha value is -4.41. The summed E-state index contributed by atoms with van der Waals surface area (Å²) in [7, 11) is 0. The molecule has 2 bridgehead atoms. The first-order chi connectivity index (χ1) is 16.3. The van der Waals surface area contributed by atoms with Gasteiger partial charge in [0.15, 0.2) is 0 Å². The highest BCUT2D eigenvalue weighted by Gasteiger charge is 2.61. The van der Waals surface area contributed by atoms with Crippen molar-refractivity contribution in [2.24, 2.45) is 23.7 Å². The largest absolute Gasteiger partial charge is 0.274 e. The van der Waals surface area contributed by atoms with E-state index in [4.69, 9.17) is 0 Å². The molecule has 2 aromatic rings. The van der Waals surface area contributed by atoms with Crippen molar-refractivity contribution < 1.29 is 24.2 Å². The van der Waals surface area contributed by atoms with Crippen LogP contribution in [0.15, 0.2) is 60.7 Å². The maximum Gasteiger partial charge on any atom is 0.274 e. The summed E-state index contributed by atoms with van der Waals surface area (Å²) in [6.07, 6.45) is 4.55. The van der Waals surface area contributed by atoms with Gasteiger partial charge < -0.3 is 0 Å². The van der Waals surface area contributed by atoms with E-state index in [2.05, 4.69) is 0 Å². The van der Waals surface area contributed by atoms with Gasteiger partial charge in [-0.2, -0.15) is 5.01 Å². The average Bonchev–Trinajstić information content (AvgIpc) is 3.51. The van der Waals surface area contributed by atoms with Crippen molar-refractivity contribution in [1.29, 1.82) is 0 Å². The zero-order valence-corrected chi connectivity index (χ0v) is 17.6. The lowest BCUT2D eigenvalue weighted by Gasteiger charge is -2.31. The summed E-state index contributed by atoms with van der Waals surface area (Å²) in [5, 5.41) is 24.3. The van der Waals surface area contributed by atoms with Crippen molar-refractivity contribution in [3.8, 4) is 0 Å². The lowest BCUT2D eigenvalue weighted by Crippen LogP contribution is -2.50. The van der Waals surface area contributed by atoms with Crippen LogP contribution in [0.3, 0.4) is 0 Å². The fourth-order valence-corrected chi connectivity index (χ4v) is 5.22. The van der Waals surface area contributed by atoms with Gasteiger partial charge in [-0.3, -0.25) is 34.6 Å². The molecule has 0 aromatic heterocycles. The van der Waals surface area contributed by atoms with Crippen LogP contribution < -0.4 is 0 Å². The molecule has 0 unspecified atom stereocenters. The smallest absolute Gasteiger partial charge is 0.272 e. The number of nitro benzene ring substituents is 2. The molecule has 1 saturated carbocycles. The Balaban J connectivity index is 1.54. The summed E-state index contributed by atoms with van der Waals surface area (Å²) < 4.78 is 0. The molecule has 2 aliphatic carbocycles. The zero-order chi connectivity index (χ0) is 24.1. The molecular weight excluding hydrogens is 444 g/mol. The van der Waals surface area contributed by atoms with Crippen molar-refractivity contribution in [3.05, 3.63) is 92.0 Å². The quantitative estimate of drug-likeness (QED) is 0.278. The van der Waals surface area contributed by atoms with Gasteiger partial charge in [-0.05, 0) is 30.4 Å². The molecule has 11 heteroatoms. The minimum atomic E-state index is -0.768. The summed E-state index contributed by atoms with van der Waals surface area (Å²) >= 11 is 0. The van der Waals surface area contributed by atoms with E-state index in [-0.39, 0.29) is 34.3 Å². The normalized spacial score (nSPS) is 24.4. The number of hydrogen-bond donors (Lipinski definition) is 0. The summed E-state index contributed by atoms with van der Waals surface area (Å²) in [4.78, 5) is 61.5. The minimum Gasteiger partial charge on any atom is -0.272 e. The molecule has 1 heterocycles. The number of imide groups is 1. The molecule has 1 saturated heterocycles. The third kappa shape index (κ3) is 3.24. The van der Waals surface area contributed by atoms with Gasteiger partial charge >= 0.3 is 0 Å². The molecule has 3 amide bonds. The number of allylic oxidation sites excluding steroid dienone is 2. The fraction of sp³-hybridized carbons (Fsp3) is 0.261. The first-order valence-corrected chi connectivity index (χ1v) is 10.6. The van der Waals surface area contributed by atoms with Crippen molar-refractivity contribution in [2.45, 2.75) is 13.0 Å². The van der Waals surface area contributed by atoms with Crippen molar-refractivity contribution >= 4 is 29.1 Å². The molecule has 5 rings (SSSR count). The lowest BCUT2D eigenvalue weighted by atomic mass is 9.85. The Morgan fingerprint density at radius 2 is 1.50 bits per heavy atom. The van der Waals surface area contributed by atoms with E-state index in [9.17, 15) is 34.6 Å². The van der Waals surface area contributed by atoms with Crippen LogP contribution in [0.2, 0.25) is 0 Å².